The van der Waals surface area contributed by atoms with Gasteiger partial charge in [0, 0.05) is 6.20 Å². The molecule has 1 unspecified atom stereocenters. The van der Waals surface area contributed by atoms with Crippen molar-refractivity contribution in [2.24, 2.45) is 4.99 Å². The van der Waals surface area contributed by atoms with Gasteiger partial charge in [0.05, 0.1) is 12.0 Å². The van der Waals surface area contributed by atoms with Crippen LogP contribution in [0.1, 0.15) is 10.5 Å². The molecule has 0 bridgehead atoms. The molecule has 1 aromatic rings. The summed E-state index contributed by atoms with van der Waals surface area (Å²) >= 11 is 0. The summed E-state index contributed by atoms with van der Waals surface area (Å²) in [5.41, 5.74) is 0.363. The second-order valence-corrected chi connectivity index (χ2v) is 2.67. The summed E-state index contributed by atoms with van der Waals surface area (Å²) in [4.78, 5) is 25.6. The van der Waals surface area contributed by atoms with E-state index in [-0.39, 0.29) is 0 Å². The number of hydrogen-bond acceptors (Lipinski definition) is 3. The Morgan fingerprint density at radius 2 is 2.38 bits per heavy atom. The Balaban J connectivity index is 2.47. The fourth-order valence-electron chi connectivity index (χ4n) is 1.23. The third-order valence-corrected chi connectivity index (χ3v) is 1.85. The van der Waals surface area contributed by atoms with Gasteiger partial charge in [0.2, 0.25) is 11.8 Å². The molecule has 5 nitrogen and oxygen atoms in total. The largest absolute Gasteiger partial charge is 0.479 e. The Bertz CT molecular complexity index is 405. The monoisotopic (exact) mass is 178 g/mol. The van der Waals surface area contributed by atoms with Gasteiger partial charge in [-0.15, -0.1) is 0 Å². The molecule has 0 fully saturated rings. The van der Waals surface area contributed by atoms with Crippen LogP contribution in [0.5, 0.6) is 0 Å². The van der Waals surface area contributed by atoms with Gasteiger partial charge in [-0.1, -0.05) is 0 Å². The quantitative estimate of drug-likeness (QED) is 0.616. The first-order valence-corrected chi connectivity index (χ1v) is 3.67. The number of Topliss-reactive ketones (excluding diaryl/α,β-unsaturated/α-hetero) is 1. The number of nitrogens with zero attached hydrogens (tertiary/aromatic N) is 2. The van der Waals surface area contributed by atoms with E-state index in [4.69, 9.17) is 5.11 Å². The highest BCUT2D eigenvalue weighted by molar-refractivity contribution is 6.13. The number of aromatic nitrogens is 1. The van der Waals surface area contributed by atoms with Crippen LogP contribution in [-0.2, 0) is 4.79 Å². The Kier molecular flexibility index (Phi) is 1.51. The van der Waals surface area contributed by atoms with Crippen LogP contribution in [0.25, 0.3) is 0 Å². The number of carbonyl (C=O) groups excluding carboxylic acids is 1. The lowest BCUT2D eigenvalue weighted by Gasteiger charge is -2.12. The van der Waals surface area contributed by atoms with Crippen molar-refractivity contribution in [1.29, 1.82) is 0 Å². The van der Waals surface area contributed by atoms with Gasteiger partial charge in [-0.3, -0.25) is 9.79 Å². The van der Waals surface area contributed by atoms with E-state index in [0.717, 1.165) is 0 Å². The number of carbonyl (C=O) groups is 2. The van der Waals surface area contributed by atoms with Crippen LogP contribution in [0.3, 0.4) is 0 Å². The number of carboxylic acid groups (broad SMARTS) is 1. The topological polar surface area (TPSA) is 71.7 Å². The van der Waals surface area contributed by atoms with E-state index in [2.05, 4.69) is 4.99 Å². The van der Waals surface area contributed by atoms with Crippen molar-refractivity contribution >= 4 is 18.1 Å². The SMILES string of the molecule is O=C(O)C1N=Cn2cccc2C1=O. The molecule has 1 aromatic heterocycles. The van der Waals surface area contributed by atoms with Crippen LogP contribution < -0.4 is 0 Å². The number of aliphatic carboxylic acids is 1. The average Bonchev–Trinajstić information content (AvgIpc) is 2.52. The number of aliphatic imine (C=N–C) groups is 1. The van der Waals surface area contributed by atoms with Gasteiger partial charge < -0.3 is 9.67 Å². The van der Waals surface area contributed by atoms with Crippen LogP contribution >= 0.6 is 0 Å². The molecule has 13 heavy (non-hydrogen) atoms. The van der Waals surface area contributed by atoms with Crippen molar-refractivity contribution in [1.82, 2.24) is 4.57 Å². The fourth-order valence-corrected chi connectivity index (χ4v) is 1.23. The third-order valence-electron chi connectivity index (χ3n) is 1.85. The first-order valence-electron chi connectivity index (χ1n) is 3.67. The van der Waals surface area contributed by atoms with E-state index >= 15 is 0 Å². The maximum absolute atomic E-state index is 11.4. The van der Waals surface area contributed by atoms with Gasteiger partial charge >= 0.3 is 5.97 Å². The molecule has 0 spiro atoms. The van der Waals surface area contributed by atoms with Crippen LogP contribution in [0.15, 0.2) is 23.3 Å². The van der Waals surface area contributed by atoms with Crippen molar-refractivity contribution < 1.29 is 14.7 Å². The fraction of sp³-hybridized carbons (Fsp3) is 0.125. The van der Waals surface area contributed by atoms with Crippen molar-refractivity contribution in [2.75, 3.05) is 0 Å². The van der Waals surface area contributed by atoms with Gasteiger partial charge in [0.1, 0.15) is 0 Å². The normalized spacial score (nSPS) is 20.0. The molecular weight excluding hydrogens is 172 g/mol. The maximum atomic E-state index is 11.4. The molecule has 1 aliphatic heterocycles. The number of carboxylic acids is 1. The van der Waals surface area contributed by atoms with E-state index < -0.39 is 17.8 Å². The lowest BCUT2D eigenvalue weighted by atomic mass is 10.1. The Morgan fingerprint density at radius 1 is 1.62 bits per heavy atom. The highest BCUT2D eigenvalue weighted by Gasteiger charge is 2.30. The molecule has 0 aliphatic carbocycles. The molecule has 0 saturated carbocycles. The second-order valence-electron chi connectivity index (χ2n) is 2.67. The lowest BCUT2D eigenvalue weighted by Crippen LogP contribution is -2.33. The summed E-state index contributed by atoms with van der Waals surface area (Å²) in [5.74, 6) is -1.69. The summed E-state index contributed by atoms with van der Waals surface area (Å²) in [6.07, 6.45) is 2.99. The Morgan fingerprint density at radius 3 is 3.08 bits per heavy atom. The third kappa shape index (κ3) is 1.05. The number of rotatable bonds is 1. The molecule has 0 saturated heterocycles. The van der Waals surface area contributed by atoms with Crippen LogP contribution in [0, 0.1) is 0 Å². The van der Waals surface area contributed by atoms with Crippen molar-refractivity contribution in [2.45, 2.75) is 6.04 Å². The molecule has 2 heterocycles. The molecule has 2 rings (SSSR count). The van der Waals surface area contributed by atoms with Gasteiger partial charge in [-0.05, 0) is 12.1 Å². The highest BCUT2D eigenvalue weighted by Crippen LogP contribution is 2.11. The van der Waals surface area contributed by atoms with E-state index in [1.165, 1.54) is 10.9 Å². The molecule has 66 valence electrons. The number of hydrogen-bond donors (Lipinski definition) is 1. The maximum Gasteiger partial charge on any atom is 0.336 e. The molecule has 0 aromatic carbocycles. The van der Waals surface area contributed by atoms with Gasteiger partial charge in [-0.2, -0.15) is 0 Å². The van der Waals surface area contributed by atoms with E-state index in [0.29, 0.717) is 5.69 Å². The van der Waals surface area contributed by atoms with E-state index in [1.807, 2.05) is 0 Å². The summed E-state index contributed by atoms with van der Waals surface area (Å²) in [7, 11) is 0. The Hall–Kier alpha value is -1.91. The molecule has 0 radical (unpaired) electrons. The highest BCUT2D eigenvalue weighted by atomic mass is 16.4. The van der Waals surface area contributed by atoms with Gasteiger partial charge in [0.15, 0.2) is 0 Å². The minimum absolute atomic E-state index is 0.363. The standard InChI is InChI=1S/C8H6N2O3/c11-7-5-2-1-3-10(5)4-9-6(7)8(12)13/h1-4,6H,(H,12,13). The zero-order chi connectivity index (χ0) is 9.42. The van der Waals surface area contributed by atoms with Crippen molar-refractivity contribution in [3.05, 3.63) is 24.0 Å². The zero-order valence-electron chi connectivity index (χ0n) is 6.54. The second kappa shape index (κ2) is 2.55. The minimum Gasteiger partial charge on any atom is -0.479 e. The molecule has 0 amide bonds. The number of ketones is 1. The minimum atomic E-state index is -1.28. The van der Waals surface area contributed by atoms with Crippen LogP contribution in [-0.4, -0.2) is 33.8 Å². The summed E-state index contributed by atoms with van der Waals surface area (Å²) < 4.78 is 1.50. The van der Waals surface area contributed by atoms with Gasteiger partial charge in [-0.25, -0.2) is 4.79 Å². The van der Waals surface area contributed by atoms with Crippen molar-refractivity contribution in [3.63, 3.8) is 0 Å². The van der Waals surface area contributed by atoms with Crippen LogP contribution in [0.2, 0.25) is 0 Å². The molecular formula is C8H6N2O3. The molecule has 5 heteroatoms. The predicted octanol–water partition coefficient (Wildman–Crippen LogP) is 0.0140. The zero-order valence-corrected chi connectivity index (χ0v) is 6.54. The smallest absolute Gasteiger partial charge is 0.336 e. The first-order chi connectivity index (χ1) is 6.20. The number of fused-ring (bicyclic) bond motifs is 1. The molecule has 1 atom stereocenters. The molecule has 1 aliphatic rings. The summed E-state index contributed by atoms with van der Waals surface area (Å²) in [6.45, 7) is 0. The van der Waals surface area contributed by atoms with Crippen LogP contribution in [0.4, 0.5) is 0 Å². The van der Waals surface area contributed by atoms with E-state index in [1.54, 1.807) is 18.3 Å². The first kappa shape index (κ1) is 7.72. The summed E-state index contributed by atoms with van der Waals surface area (Å²) in [5, 5.41) is 8.63. The lowest BCUT2D eigenvalue weighted by molar-refractivity contribution is -0.137. The van der Waals surface area contributed by atoms with Gasteiger partial charge in [0.25, 0.3) is 0 Å². The van der Waals surface area contributed by atoms with Crippen molar-refractivity contribution in [3.8, 4) is 0 Å². The van der Waals surface area contributed by atoms with E-state index in [9.17, 15) is 9.59 Å². The Labute approximate surface area is 73.3 Å². The molecule has 1 N–H and O–H groups in total. The summed E-state index contributed by atoms with van der Waals surface area (Å²) in [6, 6.07) is 1.97. The predicted molar refractivity (Wildman–Crippen MR) is 44.1 cm³/mol. The average molecular weight is 178 g/mol.